The molecule has 0 radical (unpaired) electrons. The van der Waals surface area contributed by atoms with Crippen molar-refractivity contribution in [1.29, 1.82) is 0 Å². The van der Waals surface area contributed by atoms with Crippen molar-refractivity contribution in [2.24, 2.45) is 5.92 Å². The lowest BCUT2D eigenvalue weighted by molar-refractivity contribution is -0.120. The zero-order valence-electron chi connectivity index (χ0n) is 14.3. The summed E-state index contributed by atoms with van der Waals surface area (Å²) >= 11 is 0. The second-order valence-electron chi connectivity index (χ2n) is 6.21. The molecule has 0 unspecified atom stereocenters. The first-order valence-electron chi connectivity index (χ1n) is 7.71. The van der Waals surface area contributed by atoms with Crippen molar-refractivity contribution in [3.05, 3.63) is 39.2 Å². The fraction of sp³-hybridized carbons (Fsp3) is 0.444. The summed E-state index contributed by atoms with van der Waals surface area (Å²) in [5.74, 6) is 0.820. The first kappa shape index (κ1) is 17.1. The van der Waals surface area contributed by atoms with Crippen molar-refractivity contribution in [2.45, 2.75) is 34.1 Å². The van der Waals surface area contributed by atoms with Crippen LogP contribution in [0.15, 0.2) is 21.3 Å². The normalized spacial score (nSPS) is 11.0. The summed E-state index contributed by atoms with van der Waals surface area (Å²) < 4.78 is 10.8. The maximum absolute atomic E-state index is 12.3. The third kappa shape index (κ3) is 3.73. The fourth-order valence-corrected chi connectivity index (χ4v) is 2.54. The van der Waals surface area contributed by atoms with Gasteiger partial charge in [-0.15, -0.1) is 0 Å². The van der Waals surface area contributed by atoms with E-state index in [-0.39, 0.29) is 12.3 Å². The number of aryl methyl sites for hydroxylation is 2. The smallest absolute Gasteiger partial charge is 0.340 e. The van der Waals surface area contributed by atoms with Gasteiger partial charge < -0.3 is 14.5 Å². The lowest BCUT2D eigenvalue weighted by atomic mass is 10.0. The van der Waals surface area contributed by atoms with Crippen LogP contribution in [0.25, 0.3) is 11.0 Å². The summed E-state index contributed by atoms with van der Waals surface area (Å²) in [5, 5.41) is 3.56. The van der Waals surface area contributed by atoms with Crippen molar-refractivity contribution >= 4 is 16.9 Å². The van der Waals surface area contributed by atoms with Crippen LogP contribution in [-0.2, 0) is 11.2 Å². The Balaban J connectivity index is 2.47. The van der Waals surface area contributed by atoms with Gasteiger partial charge in [0.2, 0.25) is 5.91 Å². The highest BCUT2D eigenvalue weighted by Crippen LogP contribution is 2.30. The first-order valence-corrected chi connectivity index (χ1v) is 7.71. The van der Waals surface area contributed by atoms with Crippen LogP contribution >= 0.6 is 0 Å². The van der Waals surface area contributed by atoms with E-state index >= 15 is 0 Å². The predicted octanol–water partition coefficient (Wildman–Crippen LogP) is 2.73. The van der Waals surface area contributed by atoms with Gasteiger partial charge in [-0.3, -0.25) is 4.79 Å². The van der Waals surface area contributed by atoms with Crippen LogP contribution in [0.4, 0.5) is 0 Å². The molecule has 0 atom stereocenters. The van der Waals surface area contributed by atoms with Crippen molar-refractivity contribution in [1.82, 2.24) is 5.32 Å². The number of benzene rings is 1. The zero-order valence-corrected chi connectivity index (χ0v) is 14.3. The number of hydrogen-bond donors (Lipinski definition) is 1. The Morgan fingerprint density at radius 3 is 2.61 bits per heavy atom. The molecule has 1 aromatic carbocycles. The highest BCUT2D eigenvalue weighted by atomic mass is 16.5. The monoisotopic (exact) mass is 317 g/mol. The number of hydrogen-bond acceptors (Lipinski definition) is 4. The molecule has 0 aliphatic heterocycles. The number of carbonyl (C=O) groups is 1. The second-order valence-corrected chi connectivity index (χ2v) is 6.21. The molecule has 1 amide bonds. The number of ether oxygens (including phenoxy) is 1. The molecule has 0 aliphatic rings. The Kier molecular flexibility index (Phi) is 5.08. The van der Waals surface area contributed by atoms with Crippen molar-refractivity contribution in [3.8, 4) is 5.75 Å². The minimum Gasteiger partial charge on any atom is -0.496 e. The molecule has 0 saturated heterocycles. The van der Waals surface area contributed by atoms with Crippen LogP contribution in [-0.4, -0.2) is 19.6 Å². The van der Waals surface area contributed by atoms with E-state index in [2.05, 4.69) is 5.32 Å². The van der Waals surface area contributed by atoms with Gasteiger partial charge in [-0.25, -0.2) is 4.79 Å². The largest absolute Gasteiger partial charge is 0.496 e. The Hall–Kier alpha value is -2.30. The van der Waals surface area contributed by atoms with Crippen molar-refractivity contribution < 1.29 is 13.9 Å². The molecule has 1 N–H and O–H groups in total. The van der Waals surface area contributed by atoms with Gasteiger partial charge in [-0.05, 0) is 43.0 Å². The number of amides is 1. The number of fused-ring (bicyclic) bond motifs is 1. The average molecular weight is 317 g/mol. The molecule has 2 aromatic rings. The summed E-state index contributed by atoms with van der Waals surface area (Å²) in [4.78, 5) is 24.3. The third-order valence-electron chi connectivity index (χ3n) is 3.75. The molecule has 0 bridgehead atoms. The Labute approximate surface area is 135 Å². The van der Waals surface area contributed by atoms with E-state index in [1.807, 2.05) is 33.8 Å². The Morgan fingerprint density at radius 1 is 1.30 bits per heavy atom. The maximum Gasteiger partial charge on any atom is 0.340 e. The minimum absolute atomic E-state index is 0.00780. The summed E-state index contributed by atoms with van der Waals surface area (Å²) in [5.41, 5.74) is 2.06. The molecule has 23 heavy (non-hydrogen) atoms. The molecule has 1 aromatic heterocycles. The average Bonchev–Trinajstić information content (AvgIpc) is 2.48. The quantitative estimate of drug-likeness (QED) is 0.861. The number of rotatable bonds is 5. The SMILES string of the molecule is COc1cc(C)cc2oc(=O)c(CC(=O)NCC(C)C)c(C)c12. The Morgan fingerprint density at radius 2 is 2.00 bits per heavy atom. The second kappa shape index (κ2) is 6.86. The van der Waals surface area contributed by atoms with E-state index in [0.29, 0.717) is 29.4 Å². The first-order chi connectivity index (χ1) is 10.8. The number of nitrogens with one attached hydrogen (secondary N) is 1. The molecular formula is C18H23NO4. The number of methoxy groups -OCH3 is 1. The summed E-state index contributed by atoms with van der Waals surface area (Å²) in [7, 11) is 1.58. The van der Waals surface area contributed by atoms with Gasteiger partial charge in [-0.1, -0.05) is 13.8 Å². The summed E-state index contributed by atoms with van der Waals surface area (Å²) in [6.45, 7) is 8.35. The van der Waals surface area contributed by atoms with E-state index in [0.717, 1.165) is 16.5 Å². The fourth-order valence-electron chi connectivity index (χ4n) is 2.54. The van der Waals surface area contributed by atoms with Gasteiger partial charge in [0.05, 0.1) is 24.5 Å². The van der Waals surface area contributed by atoms with Gasteiger partial charge in [0, 0.05) is 6.54 Å². The molecule has 2 rings (SSSR count). The van der Waals surface area contributed by atoms with Gasteiger partial charge in [0.15, 0.2) is 0 Å². The Bertz CT molecular complexity index is 790. The molecule has 5 heteroatoms. The zero-order chi connectivity index (χ0) is 17.1. The van der Waals surface area contributed by atoms with Crippen LogP contribution < -0.4 is 15.7 Å². The topological polar surface area (TPSA) is 68.5 Å². The van der Waals surface area contributed by atoms with Gasteiger partial charge >= 0.3 is 5.63 Å². The van der Waals surface area contributed by atoms with Crippen LogP contribution in [0.2, 0.25) is 0 Å². The predicted molar refractivity (Wildman–Crippen MR) is 90.1 cm³/mol. The van der Waals surface area contributed by atoms with Crippen molar-refractivity contribution in [2.75, 3.05) is 13.7 Å². The lowest BCUT2D eigenvalue weighted by Gasteiger charge is -2.12. The van der Waals surface area contributed by atoms with Gasteiger partial charge in [0.1, 0.15) is 11.3 Å². The van der Waals surface area contributed by atoms with E-state index in [1.165, 1.54) is 0 Å². The van der Waals surface area contributed by atoms with Crippen LogP contribution in [0.1, 0.15) is 30.5 Å². The van der Waals surface area contributed by atoms with Crippen molar-refractivity contribution in [3.63, 3.8) is 0 Å². The highest BCUT2D eigenvalue weighted by Gasteiger charge is 2.18. The van der Waals surface area contributed by atoms with E-state index in [9.17, 15) is 9.59 Å². The molecule has 0 aliphatic carbocycles. The van der Waals surface area contributed by atoms with E-state index in [1.54, 1.807) is 13.2 Å². The van der Waals surface area contributed by atoms with Crippen LogP contribution in [0.5, 0.6) is 5.75 Å². The van der Waals surface area contributed by atoms with Gasteiger partial charge in [0.25, 0.3) is 0 Å². The molecule has 1 heterocycles. The standard InChI is InChI=1S/C18H23NO4/c1-10(2)9-19-16(20)8-13-12(4)17-14(22-5)6-11(3)7-15(17)23-18(13)21/h6-7,10H,8-9H2,1-5H3,(H,19,20). The van der Waals surface area contributed by atoms with Crippen LogP contribution in [0.3, 0.4) is 0 Å². The summed E-state index contributed by atoms with van der Waals surface area (Å²) in [6.07, 6.45) is 0.00780. The summed E-state index contributed by atoms with van der Waals surface area (Å²) in [6, 6.07) is 3.69. The molecule has 0 spiro atoms. The van der Waals surface area contributed by atoms with E-state index < -0.39 is 5.63 Å². The third-order valence-corrected chi connectivity index (χ3v) is 3.75. The van der Waals surface area contributed by atoms with Gasteiger partial charge in [-0.2, -0.15) is 0 Å². The lowest BCUT2D eigenvalue weighted by Crippen LogP contribution is -2.30. The molecule has 124 valence electrons. The number of carbonyl (C=O) groups excluding carboxylic acids is 1. The highest BCUT2D eigenvalue weighted by molar-refractivity contribution is 5.89. The minimum atomic E-state index is -0.470. The molecule has 0 saturated carbocycles. The molecule has 0 fully saturated rings. The molecular weight excluding hydrogens is 294 g/mol. The maximum atomic E-state index is 12.3. The molecule has 5 nitrogen and oxygen atoms in total. The van der Waals surface area contributed by atoms with Crippen LogP contribution in [0, 0.1) is 19.8 Å². The van der Waals surface area contributed by atoms with E-state index in [4.69, 9.17) is 9.15 Å².